The fourth-order valence-corrected chi connectivity index (χ4v) is 3.79. The van der Waals surface area contributed by atoms with Gasteiger partial charge in [0.25, 0.3) is 0 Å². The second-order valence-corrected chi connectivity index (χ2v) is 7.18. The molecule has 1 aliphatic rings. The molecule has 0 saturated carbocycles. The molecule has 0 bridgehead atoms. The van der Waals surface area contributed by atoms with Crippen molar-refractivity contribution < 1.29 is 17.6 Å². The fourth-order valence-electron chi connectivity index (χ4n) is 2.49. The average Bonchev–Trinajstić information content (AvgIpc) is 2.47. The Balaban J connectivity index is 1.95. The molecule has 8 heteroatoms. The molecule has 0 radical (unpaired) electrons. The normalized spacial score (nSPS) is 19.0. The average molecular weight is 329 g/mol. The number of rotatable bonds is 5. The zero-order valence-corrected chi connectivity index (χ0v) is 13.1. The maximum atomic E-state index is 12.9. The van der Waals surface area contributed by atoms with E-state index < -0.39 is 15.8 Å². The van der Waals surface area contributed by atoms with Crippen LogP contribution in [0.4, 0.5) is 4.39 Å². The summed E-state index contributed by atoms with van der Waals surface area (Å²) < 4.78 is 39.9. The molecule has 1 aliphatic heterocycles. The van der Waals surface area contributed by atoms with Crippen molar-refractivity contribution in [1.29, 1.82) is 0 Å². The first-order valence-corrected chi connectivity index (χ1v) is 8.59. The molecule has 0 aromatic heterocycles. The van der Waals surface area contributed by atoms with Crippen molar-refractivity contribution >= 4 is 15.9 Å². The van der Waals surface area contributed by atoms with Crippen LogP contribution in [0.2, 0.25) is 0 Å². The Morgan fingerprint density at radius 2 is 1.86 bits per heavy atom. The molecule has 6 nitrogen and oxygen atoms in total. The van der Waals surface area contributed by atoms with Crippen molar-refractivity contribution in [2.75, 3.05) is 13.1 Å². The molecule has 0 spiro atoms. The van der Waals surface area contributed by atoms with Gasteiger partial charge in [-0.1, -0.05) is 0 Å². The lowest BCUT2D eigenvalue weighted by Crippen LogP contribution is -2.50. The molecule has 1 aromatic carbocycles. The summed E-state index contributed by atoms with van der Waals surface area (Å²) in [5.74, 6) is -0.863. The largest absolute Gasteiger partial charge is 0.368 e. The molecule has 0 aliphatic carbocycles. The van der Waals surface area contributed by atoms with E-state index in [0.717, 1.165) is 12.1 Å². The first-order chi connectivity index (χ1) is 10.3. The van der Waals surface area contributed by atoms with Crippen LogP contribution in [0, 0.1) is 5.82 Å². The van der Waals surface area contributed by atoms with Crippen LogP contribution in [0.15, 0.2) is 29.2 Å². The van der Waals surface area contributed by atoms with Gasteiger partial charge in [-0.05, 0) is 44.0 Å². The number of carbonyl (C=O) groups excluding carboxylic acids is 1. The summed E-state index contributed by atoms with van der Waals surface area (Å²) in [4.78, 5) is 13.1. The number of halogens is 1. The van der Waals surface area contributed by atoms with E-state index in [1.807, 2.05) is 4.90 Å². The van der Waals surface area contributed by atoms with Gasteiger partial charge in [-0.25, -0.2) is 17.5 Å². The van der Waals surface area contributed by atoms with E-state index in [9.17, 15) is 17.6 Å². The number of sulfonamides is 1. The summed E-state index contributed by atoms with van der Waals surface area (Å²) >= 11 is 0. The van der Waals surface area contributed by atoms with Crippen LogP contribution in [-0.2, 0) is 14.8 Å². The van der Waals surface area contributed by atoms with E-state index in [1.165, 1.54) is 12.1 Å². The summed E-state index contributed by atoms with van der Waals surface area (Å²) in [6, 6.07) is 4.16. The molecule has 22 heavy (non-hydrogen) atoms. The number of carbonyl (C=O) groups is 1. The highest BCUT2D eigenvalue weighted by Crippen LogP contribution is 2.17. The van der Waals surface area contributed by atoms with Crippen molar-refractivity contribution in [3.63, 3.8) is 0 Å². The molecule has 3 N–H and O–H groups in total. The van der Waals surface area contributed by atoms with Crippen LogP contribution in [0.25, 0.3) is 0 Å². The molecule has 1 amide bonds. The van der Waals surface area contributed by atoms with Crippen LogP contribution >= 0.6 is 0 Å². The molecule has 1 aromatic rings. The molecular formula is C14H20FN3O3S. The van der Waals surface area contributed by atoms with Gasteiger partial charge in [0.15, 0.2) is 0 Å². The topological polar surface area (TPSA) is 92.5 Å². The maximum absolute atomic E-state index is 12.9. The minimum atomic E-state index is -3.66. The van der Waals surface area contributed by atoms with Crippen LogP contribution in [0.1, 0.15) is 19.8 Å². The standard InChI is InChI=1S/C14H20FN3O3S/c1-10(14(16)19)18-8-6-12(7-9-18)17-22(20,21)13-4-2-11(15)3-5-13/h2-5,10,12,17H,6-9H2,1H3,(H2,16,19). The lowest BCUT2D eigenvalue weighted by Gasteiger charge is -2.34. The van der Waals surface area contributed by atoms with Gasteiger partial charge >= 0.3 is 0 Å². The van der Waals surface area contributed by atoms with E-state index in [1.54, 1.807) is 6.92 Å². The summed E-state index contributed by atoms with van der Waals surface area (Å²) in [5, 5.41) is 0. The van der Waals surface area contributed by atoms with Gasteiger partial charge in [0.05, 0.1) is 10.9 Å². The van der Waals surface area contributed by atoms with E-state index in [4.69, 9.17) is 5.73 Å². The number of likely N-dealkylation sites (tertiary alicyclic amines) is 1. The van der Waals surface area contributed by atoms with E-state index in [2.05, 4.69) is 4.72 Å². The first-order valence-electron chi connectivity index (χ1n) is 7.11. The second-order valence-electron chi connectivity index (χ2n) is 5.46. The summed E-state index contributed by atoms with van der Waals surface area (Å²) in [7, 11) is -3.66. The third-order valence-corrected chi connectivity index (χ3v) is 5.47. The molecular weight excluding hydrogens is 309 g/mol. The Labute approximate surface area is 129 Å². The molecule has 1 saturated heterocycles. The molecule has 1 fully saturated rings. The van der Waals surface area contributed by atoms with Gasteiger partial charge in [-0.15, -0.1) is 0 Å². The minimum absolute atomic E-state index is 0.0434. The van der Waals surface area contributed by atoms with Crippen molar-refractivity contribution in [2.45, 2.75) is 36.7 Å². The minimum Gasteiger partial charge on any atom is -0.368 e. The van der Waals surface area contributed by atoms with Gasteiger partial charge in [-0.2, -0.15) is 0 Å². The van der Waals surface area contributed by atoms with Gasteiger partial charge < -0.3 is 5.73 Å². The zero-order chi connectivity index (χ0) is 16.3. The lowest BCUT2D eigenvalue weighted by molar-refractivity contribution is -0.123. The quantitative estimate of drug-likeness (QED) is 0.820. The SMILES string of the molecule is CC(C(N)=O)N1CCC(NS(=O)(=O)c2ccc(F)cc2)CC1. The number of piperidine rings is 1. The van der Waals surface area contributed by atoms with Gasteiger partial charge in [0.2, 0.25) is 15.9 Å². The van der Waals surface area contributed by atoms with Crippen molar-refractivity contribution in [2.24, 2.45) is 5.73 Å². The zero-order valence-electron chi connectivity index (χ0n) is 12.3. The Morgan fingerprint density at radius 3 is 2.36 bits per heavy atom. The van der Waals surface area contributed by atoms with Gasteiger partial charge in [0, 0.05) is 19.1 Å². The highest BCUT2D eigenvalue weighted by atomic mass is 32.2. The highest BCUT2D eigenvalue weighted by Gasteiger charge is 2.28. The monoisotopic (exact) mass is 329 g/mol. The van der Waals surface area contributed by atoms with E-state index in [-0.39, 0.29) is 22.9 Å². The van der Waals surface area contributed by atoms with Crippen molar-refractivity contribution in [3.05, 3.63) is 30.1 Å². The third-order valence-electron chi connectivity index (χ3n) is 3.93. The number of amides is 1. The number of primary amides is 1. The fraction of sp³-hybridized carbons (Fsp3) is 0.500. The second kappa shape index (κ2) is 6.72. The first kappa shape index (κ1) is 16.9. The maximum Gasteiger partial charge on any atom is 0.240 e. The number of nitrogens with two attached hydrogens (primary N) is 1. The van der Waals surface area contributed by atoms with Gasteiger partial charge in [-0.3, -0.25) is 9.69 Å². The van der Waals surface area contributed by atoms with Crippen molar-refractivity contribution in [3.8, 4) is 0 Å². The number of hydrogen-bond donors (Lipinski definition) is 2. The lowest BCUT2D eigenvalue weighted by atomic mass is 10.0. The van der Waals surface area contributed by atoms with E-state index >= 15 is 0 Å². The van der Waals surface area contributed by atoms with Crippen molar-refractivity contribution in [1.82, 2.24) is 9.62 Å². The Bertz CT molecular complexity index is 625. The highest BCUT2D eigenvalue weighted by molar-refractivity contribution is 7.89. The van der Waals surface area contributed by atoms with Crippen LogP contribution < -0.4 is 10.5 Å². The Morgan fingerprint density at radius 1 is 1.32 bits per heavy atom. The van der Waals surface area contributed by atoms with Crippen LogP contribution in [-0.4, -0.2) is 44.4 Å². The summed E-state index contributed by atoms with van der Waals surface area (Å²) in [6.07, 6.45) is 1.19. The molecule has 1 heterocycles. The Kier molecular flexibility index (Phi) is 5.15. The molecule has 1 atom stereocenters. The summed E-state index contributed by atoms with van der Waals surface area (Å²) in [6.45, 7) is 2.94. The molecule has 2 rings (SSSR count). The molecule has 122 valence electrons. The molecule has 1 unspecified atom stereocenters. The number of hydrogen-bond acceptors (Lipinski definition) is 4. The van der Waals surface area contributed by atoms with Crippen LogP contribution in [0.3, 0.4) is 0 Å². The smallest absolute Gasteiger partial charge is 0.240 e. The third kappa shape index (κ3) is 4.02. The van der Waals surface area contributed by atoms with E-state index in [0.29, 0.717) is 25.9 Å². The Hall–Kier alpha value is -1.51. The number of nitrogens with one attached hydrogen (secondary N) is 1. The van der Waals surface area contributed by atoms with Gasteiger partial charge in [0.1, 0.15) is 5.82 Å². The summed E-state index contributed by atoms with van der Waals surface area (Å²) in [5.41, 5.74) is 5.27. The number of benzene rings is 1. The number of nitrogens with zero attached hydrogens (tertiary/aromatic N) is 1. The predicted molar refractivity (Wildman–Crippen MR) is 80.0 cm³/mol. The van der Waals surface area contributed by atoms with Crippen LogP contribution in [0.5, 0.6) is 0 Å². The predicted octanol–water partition coefficient (Wildman–Crippen LogP) is 0.442.